The lowest BCUT2D eigenvalue weighted by Gasteiger charge is -2.29. The van der Waals surface area contributed by atoms with Crippen LogP contribution in [-0.2, 0) is 0 Å². The lowest BCUT2D eigenvalue weighted by atomic mass is 10.1. The molecule has 4 rings (SSSR count). The molecule has 6 heteroatoms. The van der Waals surface area contributed by atoms with Crippen molar-refractivity contribution >= 4 is 11.4 Å². The Hall–Kier alpha value is -2.60. The molecule has 0 atom stereocenters. The number of aromatic amines is 1. The van der Waals surface area contributed by atoms with Gasteiger partial charge >= 0.3 is 0 Å². The maximum absolute atomic E-state index is 12.9. The molecule has 1 fully saturated rings. The summed E-state index contributed by atoms with van der Waals surface area (Å²) < 4.78 is 2.00. The number of hydrogen-bond donors (Lipinski definition) is 2. The monoisotopic (exact) mass is 310 g/mol. The van der Waals surface area contributed by atoms with Crippen LogP contribution in [0.5, 0.6) is 0 Å². The van der Waals surface area contributed by atoms with E-state index in [4.69, 9.17) is 0 Å². The van der Waals surface area contributed by atoms with Crippen molar-refractivity contribution < 1.29 is 9.90 Å². The first-order valence-electron chi connectivity index (χ1n) is 7.81. The van der Waals surface area contributed by atoms with Crippen molar-refractivity contribution in [3.63, 3.8) is 0 Å². The zero-order chi connectivity index (χ0) is 15.8. The molecule has 2 N–H and O–H groups in total. The summed E-state index contributed by atoms with van der Waals surface area (Å²) in [6.45, 7) is 1.20. The van der Waals surface area contributed by atoms with E-state index in [0.29, 0.717) is 31.5 Å². The van der Waals surface area contributed by atoms with Gasteiger partial charge in [0.1, 0.15) is 0 Å². The number of piperidine rings is 1. The minimum Gasteiger partial charge on any atom is -0.393 e. The van der Waals surface area contributed by atoms with Crippen molar-refractivity contribution in [2.45, 2.75) is 18.9 Å². The zero-order valence-electron chi connectivity index (χ0n) is 12.6. The minimum absolute atomic E-state index is 0.0198. The van der Waals surface area contributed by atoms with Gasteiger partial charge in [-0.3, -0.25) is 9.89 Å². The molecule has 3 aromatic heterocycles. The number of aromatic nitrogens is 3. The summed E-state index contributed by atoms with van der Waals surface area (Å²) in [4.78, 5) is 14.7. The SMILES string of the molecule is O=C(c1cc(-c2ccn[nH]2)n2ccccc12)N1CCC(O)CC1. The smallest absolute Gasteiger partial charge is 0.256 e. The average molecular weight is 310 g/mol. The third kappa shape index (κ3) is 2.41. The molecule has 1 aliphatic rings. The van der Waals surface area contributed by atoms with Gasteiger partial charge < -0.3 is 14.4 Å². The second kappa shape index (κ2) is 5.55. The summed E-state index contributed by atoms with van der Waals surface area (Å²) in [7, 11) is 0. The number of aliphatic hydroxyl groups excluding tert-OH is 1. The normalized spacial score (nSPS) is 16.1. The van der Waals surface area contributed by atoms with Crippen LogP contribution in [0, 0.1) is 0 Å². The first kappa shape index (κ1) is 14.0. The molecule has 23 heavy (non-hydrogen) atoms. The Morgan fingerprint density at radius 1 is 1.26 bits per heavy atom. The molecule has 4 heterocycles. The highest BCUT2D eigenvalue weighted by Crippen LogP contribution is 2.26. The van der Waals surface area contributed by atoms with Crippen LogP contribution in [0.3, 0.4) is 0 Å². The summed E-state index contributed by atoms with van der Waals surface area (Å²) >= 11 is 0. The number of nitrogens with zero attached hydrogens (tertiary/aromatic N) is 3. The predicted octanol–water partition coefficient (Wildman–Crippen LogP) is 1.93. The van der Waals surface area contributed by atoms with Crippen molar-refractivity contribution in [3.05, 3.63) is 48.3 Å². The van der Waals surface area contributed by atoms with Crippen molar-refractivity contribution in [1.82, 2.24) is 19.5 Å². The Morgan fingerprint density at radius 3 is 2.83 bits per heavy atom. The quantitative estimate of drug-likeness (QED) is 0.759. The van der Waals surface area contributed by atoms with E-state index in [-0.39, 0.29) is 12.0 Å². The van der Waals surface area contributed by atoms with Crippen LogP contribution in [0.1, 0.15) is 23.2 Å². The van der Waals surface area contributed by atoms with Gasteiger partial charge in [0.2, 0.25) is 0 Å². The average Bonchev–Trinajstić information content (AvgIpc) is 3.22. The molecule has 118 valence electrons. The van der Waals surface area contributed by atoms with E-state index in [2.05, 4.69) is 10.2 Å². The number of pyridine rings is 1. The number of fused-ring (bicyclic) bond motifs is 1. The zero-order valence-corrected chi connectivity index (χ0v) is 12.6. The van der Waals surface area contributed by atoms with Gasteiger partial charge in [-0.15, -0.1) is 0 Å². The van der Waals surface area contributed by atoms with Crippen molar-refractivity contribution in [2.75, 3.05) is 13.1 Å². The topological polar surface area (TPSA) is 73.6 Å². The Kier molecular flexibility index (Phi) is 3.38. The molecule has 0 aromatic carbocycles. The van der Waals surface area contributed by atoms with E-state index in [1.807, 2.05) is 45.8 Å². The van der Waals surface area contributed by atoms with Gasteiger partial charge in [-0.05, 0) is 37.1 Å². The second-order valence-corrected chi connectivity index (χ2v) is 5.89. The predicted molar refractivity (Wildman–Crippen MR) is 86.1 cm³/mol. The molecule has 6 nitrogen and oxygen atoms in total. The number of likely N-dealkylation sites (tertiary alicyclic amines) is 1. The Bertz CT molecular complexity index is 830. The van der Waals surface area contributed by atoms with E-state index >= 15 is 0 Å². The fraction of sp³-hybridized carbons (Fsp3) is 0.294. The van der Waals surface area contributed by atoms with Crippen LogP contribution in [-0.4, -0.2) is 49.7 Å². The molecule has 0 radical (unpaired) electrons. The number of rotatable bonds is 2. The van der Waals surface area contributed by atoms with Gasteiger partial charge in [-0.25, -0.2) is 0 Å². The fourth-order valence-corrected chi connectivity index (χ4v) is 3.17. The standard InChI is InChI=1S/C17H18N4O2/c22-12-5-9-20(10-6-12)17(23)13-11-16(14-4-7-18-19-14)21-8-2-1-3-15(13)21/h1-4,7-8,11-12,22H,5-6,9-10H2,(H,18,19). The van der Waals surface area contributed by atoms with Crippen LogP contribution in [0.25, 0.3) is 16.9 Å². The molecular formula is C17H18N4O2. The molecule has 0 saturated carbocycles. The number of amides is 1. The highest BCUT2D eigenvalue weighted by molar-refractivity contribution is 6.02. The van der Waals surface area contributed by atoms with Gasteiger partial charge in [0.05, 0.1) is 28.6 Å². The molecule has 0 bridgehead atoms. The molecule has 0 spiro atoms. The third-order valence-corrected chi connectivity index (χ3v) is 4.44. The second-order valence-electron chi connectivity index (χ2n) is 5.89. The number of aliphatic hydroxyl groups is 1. The van der Waals surface area contributed by atoms with Gasteiger partial charge in [0.15, 0.2) is 0 Å². The highest BCUT2D eigenvalue weighted by atomic mass is 16.3. The van der Waals surface area contributed by atoms with Crippen LogP contribution >= 0.6 is 0 Å². The lowest BCUT2D eigenvalue weighted by molar-refractivity contribution is 0.0548. The van der Waals surface area contributed by atoms with E-state index in [1.54, 1.807) is 6.20 Å². The van der Waals surface area contributed by atoms with Crippen molar-refractivity contribution in [3.8, 4) is 11.4 Å². The lowest BCUT2D eigenvalue weighted by Crippen LogP contribution is -2.40. The molecule has 0 unspecified atom stereocenters. The summed E-state index contributed by atoms with van der Waals surface area (Å²) in [6, 6.07) is 9.63. The third-order valence-electron chi connectivity index (χ3n) is 4.44. The number of carbonyl (C=O) groups is 1. The Labute approximate surface area is 133 Å². The maximum Gasteiger partial charge on any atom is 0.256 e. The van der Waals surface area contributed by atoms with E-state index in [1.165, 1.54) is 0 Å². The summed E-state index contributed by atoms with van der Waals surface area (Å²) in [6.07, 6.45) is 4.65. The summed E-state index contributed by atoms with van der Waals surface area (Å²) in [5.41, 5.74) is 3.36. The Balaban J connectivity index is 1.77. The van der Waals surface area contributed by atoms with E-state index in [0.717, 1.165) is 16.9 Å². The molecule has 0 aliphatic carbocycles. The fourth-order valence-electron chi connectivity index (χ4n) is 3.17. The Morgan fingerprint density at radius 2 is 2.09 bits per heavy atom. The summed E-state index contributed by atoms with van der Waals surface area (Å²) in [5, 5.41) is 16.6. The largest absolute Gasteiger partial charge is 0.393 e. The van der Waals surface area contributed by atoms with E-state index < -0.39 is 0 Å². The van der Waals surface area contributed by atoms with Crippen molar-refractivity contribution in [1.29, 1.82) is 0 Å². The van der Waals surface area contributed by atoms with Gasteiger partial charge in [-0.2, -0.15) is 5.10 Å². The summed E-state index contributed by atoms with van der Waals surface area (Å²) in [5.74, 6) is 0.0198. The van der Waals surface area contributed by atoms with Gasteiger partial charge in [0.25, 0.3) is 5.91 Å². The molecule has 1 amide bonds. The molecule has 3 aromatic rings. The van der Waals surface area contributed by atoms with Gasteiger partial charge in [0, 0.05) is 25.5 Å². The van der Waals surface area contributed by atoms with Crippen LogP contribution in [0.4, 0.5) is 0 Å². The van der Waals surface area contributed by atoms with Gasteiger partial charge in [-0.1, -0.05) is 6.07 Å². The highest BCUT2D eigenvalue weighted by Gasteiger charge is 2.25. The van der Waals surface area contributed by atoms with E-state index in [9.17, 15) is 9.90 Å². The molecule has 1 saturated heterocycles. The molecular weight excluding hydrogens is 292 g/mol. The minimum atomic E-state index is -0.287. The first-order chi connectivity index (χ1) is 11.2. The maximum atomic E-state index is 12.9. The number of hydrogen-bond acceptors (Lipinski definition) is 3. The van der Waals surface area contributed by atoms with Crippen LogP contribution in [0.2, 0.25) is 0 Å². The number of H-pyrrole nitrogens is 1. The number of carbonyl (C=O) groups excluding carboxylic acids is 1. The van der Waals surface area contributed by atoms with Crippen LogP contribution < -0.4 is 0 Å². The first-order valence-corrected chi connectivity index (χ1v) is 7.81. The van der Waals surface area contributed by atoms with Crippen molar-refractivity contribution in [2.24, 2.45) is 0 Å². The number of nitrogens with one attached hydrogen (secondary N) is 1. The van der Waals surface area contributed by atoms with Crippen LogP contribution in [0.15, 0.2) is 42.7 Å². The molecule has 1 aliphatic heterocycles.